The number of rotatable bonds is 6. The normalized spacial score (nSPS) is 10.5. The Kier molecular flexibility index (Phi) is 7.44. The van der Waals surface area contributed by atoms with Gasteiger partial charge in [-0.25, -0.2) is 0 Å². The lowest BCUT2D eigenvalue weighted by Crippen LogP contribution is -2.20. The second-order valence-corrected chi connectivity index (χ2v) is 7.89. The van der Waals surface area contributed by atoms with Crippen LogP contribution in [0.4, 0.5) is 11.4 Å². The molecule has 0 aliphatic heterocycles. The van der Waals surface area contributed by atoms with Crippen LogP contribution in [0.1, 0.15) is 21.5 Å². The van der Waals surface area contributed by atoms with Crippen LogP contribution >= 0.6 is 34.8 Å². The molecule has 0 heterocycles. The third kappa shape index (κ3) is 5.50. The van der Waals surface area contributed by atoms with Gasteiger partial charge in [0.2, 0.25) is 0 Å². The minimum absolute atomic E-state index is 0.215. The Morgan fingerprint density at radius 3 is 1.84 bits per heavy atom. The Morgan fingerprint density at radius 1 is 0.774 bits per heavy atom. The molecule has 0 aromatic heterocycles. The average Bonchev–Trinajstić information content (AvgIpc) is 2.78. The van der Waals surface area contributed by atoms with Gasteiger partial charge in [-0.1, -0.05) is 53.0 Å². The van der Waals surface area contributed by atoms with E-state index in [4.69, 9.17) is 39.5 Å². The number of amides is 2. The van der Waals surface area contributed by atoms with Crippen LogP contribution in [-0.2, 0) is 4.79 Å². The number of ether oxygens (including phenoxy) is 1. The molecule has 0 saturated carbocycles. The number of anilines is 2. The van der Waals surface area contributed by atoms with E-state index in [0.717, 1.165) is 0 Å². The van der Waals surface area contributed by atoms with Crippen molar-refractivity contribution < 1.29 is 14.3 Å². The maximum absolute atomic E-state index is 12.3. The molecule has 31 heavy (non-hydrogen) atoms. The molecule has 0 aliphatic rings. The summed E-state index contributed by atoms with van der Waals surface area (Å²) in [4.78, 5) is 24.5. The van der Waals surface area contributed by atoms with Gasteiger partial charge in [-0.05, 0) is 61.4 Å². The predicted octanol–water partition coefficient (Wildman–Crippen LogP) is 6.53. The molecular formula is C23H19Cl3N2O3. The summed E-state index contributed by atoms with van der Waals surface area (Å²) in [5.74, 6) is -0.386. The van der Waals surface area contributed by atoms with Crippen molar-refractivity contribution in [2.24, 2.45) is 0 Å². The summed E-state index contributed by atoms with van der Waals surface area (Å²) in [5, 5.41) is 6.52. The molecule has 160 valence electrons. The summed E-state index contributed by atoms with van der Waals surface area (Å²) in [5.41, 5.74) is 2.98. The van der Waals surface area contributed by atoms with E-state index in [0.29, 0.717) is 33.1 Å². The second-order valence-electron chi connectivity index (χ2n) is 6.76. The van der Waals surface area contributed by atoms with Gasteiger partial charge in [-0.3, -0.25) is 9.59 Å². The topological polar surface area (TPSA) is 67.4 Å². The number of carbonyl (C=O) groups excluding carboxylic acids is 2. The molecule has 3 aromatic carbocycles. The zero-order valence-corrected chi connectivity index (χ0v) is 19.0. The lowest BCUT2D eigenvalue weighted by molar-refractivity contribution is -0.118. The van der Waals surface area contributed by atoms with Crippen molar-refractivity contribution in [2.75, 3.05) is 17.2 Å². The van der Waals surface area contributed by atoms with Crippen LogP contribution in [0.2, 0.25) is 15.1 Å². The van der Waals surface area contributed by atoms with Crippen molar-refractivity contribution in [3.8, 4) is 5.75 Å². The molecule has 0 radical (unpaired) electrons. The lowest BCUT2D eigenvalue weighted by Gasteiger charge is -2.15. The van der Waals surface area contributed by atoms with Gasteiger partial charge in [-0.15, -0.1) is 0 Å². The maximum atomic E-state index is 12.3. The van der Waals surface area contributed by atoms with Gasteiger partial charge in [0.25, 0.3) is 11.8 Å². The van der Waals surface area contributed by atoms with E-state index in [9.17, 15) is 9.59 Å². The van der Waals surface area contributed by atoms with Crippen LogP contribution < -0.4 is 15.4 Å². The lowest BCUT2D eigenvalue weighted by atomic mass is 10.1. The molecule has 0 saturated heterocycles. The number of halogens is 3. The Hall–Kier alpha value is -2.73. The second kappa shape index (κ2) is 10.1. The number of hydrogen-bond donors (Lipinski definition) is 2. The van der Waals surface area contributed by atoms with E-state index in [2.05, 4.69) is 10.6 Å². The van der Waals surface area contributed by atoms with Crippen molar-refractivity contribution in [3.63, 3.8) is 0 Å². The first-order valence-electron chi connectivity index (χ1n) is 9.30. The molecule has 3 rings (SSSR count). The molecule has 2 amide bonds. The molecule has 0 bridgehead atoms. The fraction of sp³-hybridized carbons (Fsp3) is 0.130. The van der Waals surface area contributed by atoms with Crippen molar-refractivity contribution in [1.82, 2.24) is 0 Å². The first kappa shape index (κ1) is 22.9. The fourth-order valence-corrected chi connectivity index (χ4v) is 3.62. The maximum Gasteiger partial charge on any atom is 0.262 e. The van der Waals surface area contributed by atoms with Gasteiger partial charge in [0.15, 0.2) is 12.4 Å². The Balaban J connectivity index is 1.59. The number of hydrogen-bond acceptors (Lipinski definition) is 3. The SMILES string of the molecule is Cc1c(Cl)c(C)c(Cl)c(OCC(=O)Nc2ccc(NC(=O)c3ccccc3)cc2)c1Cl. The van der Waals surface area contributed by atoms with Gasteiger partial charge < -0.3 is 15.4 Å². The first-order chi connectivity index (χ1) is 14.8. The summed E-state index contributed by atoms with van der Waals surface area (Å²) in [6.07, 6.45) is 0. The largest absolute Gasteiger partial charge is 0.481 e. The zero-order chi connectivity index (χ0) is 22.5. The van der Waals surface area contributed by atoms with E-state index in [1.807, 2.05) is 6.07 Å². The molecular weight excluding hydrogens is 459 g/mol. The van der Waals surface area contributed by atoms with Gasteiger partial charge in [0, 0.05) is 22.0 Å². The van der Waals surface area contributed by atoms with Crippen LogP contribution in [-0.4, -0.2) is 18.4 Å². The van der Waals surface area contributed by atoms with Crippen molar-refractivity contribution in [1.29, 1.82) is 0 Å². The first-order valence-corrected chi connectivity index (χ1v) is 10.4. The molecule has 8 heteroatoms. The molecule has 0 atom stereocenters. The number of nitrogens with one attached hydrogen (secondary N) is 2. The van der Waals surface area contributed by atoms with Crippen LogP contribution in [0.15, 0.2) is 54.6 Å². The molecule has 2 N–H and O–H groups in total. The molecule has 3 aromatic rings. The minimum atomic E-state index is -0.390. The summed E-state index contributed by atoms with van der Waals surface area (Å²) >= 11 is 18.7. The van der Waals surface area contributed by atoms with Crippen molar-refractivity contribution >= 4 is 58.0 Å². The molecule has 0 spiro atoms. The molecule has 5 nitrogen and oxygen atoms in total. The molecule has 0 aliphatic carbocycles. The highest BCUT2D eigenvalue weighted by Gasteiger charge is 2.18. The number of benzene rings is 3. The van der Waals surface area contributed by atoms with Crippen LogP contribution in [0.25, 0.3) is 0 Å². The van der Waals surface area contributed by atoms with E-state index in [1.165, 1.54) is 0 Å². The van der Waals surface area contributed by atoms with Crippen LogP contribution in [0, 0.1) is 13.8 Å². The highest BCUT2D eigenvalue weighted by atomic mass is 35.5. The van der Waals surface area contributed by atoms with E-state index >= 15 is 0 Å². The summed E-state index contributed by atoms with van der Waals surface area (Å²) in [6.45, 7) is 3.21. The summed E-state index contributed by atoms with van der Waals surface area (Å²) in [7, 11) is 0. The van der Waals surface area contributed by atoms with Gasteiger partial charge >= 0.3 is 0 Å². The summed E-state index contributed by atoms with van der Waals surface area (Å²) in [6, 6.07) is 15.6. The predicted molar refractivity (Wildman–Crippen MR) is 126 cm³/mol. The van der Waals surface area contributed by atoms with Gasteiger partial charge in [-0.2, -0.15) is 0 Å². The molecule has 0 unspecified atom stereocenters. The Morgan fingerprint density at radius 2 is 1.29 bits per heavy atom. The quantitative estimate of drug-likeness (QED) is 0.424. The average molecular weight is 478 g/mol. The summed E-state index contributed by atoms with van der Waals surface area (Å²) < 4.78 is 5.55. The van der Waals surface area contributed by atoms with Crippen molar-refractivity contribution in [3.05, 3.63) is 86.4 Å². The van der Waals surface area contributed by atoms with Crippen LogP contribution in [0.3, 0.4) is 0 Å². The Labute approximate surface area is 195 Å². The smallest absolute Gasteiger partial charge is 0.262 e. The highest BCUT2D eigenvalue weighted by Crippen LogP contribution is 2.42. The molecule has 0 fully saturated rings. The van der Waals surface area contributed by atoms with Crippen molar-refractivity contribution in [2.45, 2.75) is 13.8 Å². The van der Waals surface area contributed by atoms with E-state index in [1.54, 1.807) is 62.4 Å². The third-order valence-electron chi connectivity index (χ3n) is 4.53. The Bertz CT molecular complexity index is 1090. The number of carbonyl (C=O) groups is 2. The monoisotopic (exact) mass is 476 g/mol. The standard InChI is InChI=1S/C23H19Cl3N2O3/c1-13-19(24)14(2)21(26)22(20(13)25)31-12-18(29)27-16-8-10-17(11-9-16)28-23(30)15-6-4-3-5-7-15/h3-11H,12H2,1-2H3,(H,27,29)(H,28,30). The van der Waals surface area contributed by atoms with Gasteiger partial charge in [0.05, 0.1) is 10.0 Å². The highest BCUT2D eigenvalue weighted by molar-refractivity contribution is 6.42. The third-order valence-corrected chi connectivity index (χ3v) is 6.00. The van der Waals surface area contributed by atoms with E-state index in [-0.39, 0.29) is 28.3 Å². The minimum Gasteiger partial charge on any atom is -0.481 e. The van der Waals surface area contributed by atoms with E-state index < -0.39 is 5.91 Å². The van der Waals surface area contributed by atoms with Crippen LogP contribution in [0.5, 0.6) is 5.75 Å². The fourth-order valence-electron chi connectivity index (χ4n) is 2.80. The van der Waals surface area contributed by atoms with Gasteiger partial charge in [0.1, 0.15) is 0 Å². The zero-order valence-electron chi connectivity index (χ0n) is 16.8.